The molecule has 0 aliphatic carbocycles. The van der Waals surface area contributed by atoms with Gasteiger partial charge in [-0.25, -0.2) is 4.99 Å². The maximum atomic E-state index is 5.64. The van der Waals surface area contributed by atoms with Crippen molar-refractivity contribution >= 4 is 16.9 Å². The summed E-state index contributed by atoms with van der Waals surface area (Å²) >= 11 is 5.64. The van der Waals surface area contributed by atoms with Crippen LogP contribution in [0.1, 0.15) is 6.92 Å². The smallest absolute Gasteiger partial charge is 0.198 e. The lowest BCUT2D eigenvalue weighted by Gasteiger charge is -2.11. The van der Waals surface area contributed by atoms with Crippen LogP contribution in [0.15, 0.2) is 17.8 Å². The molecule has 0 amide bonds. The molecule has 0 bridgehead atoms. The first-order valence-electron chi connectivity index (χ1n) is 2.77. The molecule has 0 aliphatic rings. The van der Waals surface area contributed by atoms with Crippen molar-refractivity contribution in [3.05, 3.63) is 12.8 Å². The van der Waals surface area contributed by atoms with Crippen LogP contribution in [0.4, 0.5) is 0 Å². The summed E-state index contributed by atoms with van der Waals surface area (Å²) < 4.78 is 0. The van der Waals surface area contributed by atoms with Crippen molar-refractivity contribution in [3.8, 4) is 0 Å². The van der Waals surface area contributed by atoms with E-state index in [1.165, 1.54) is 6.20 Å². The van der Waals surface area contributed by atoms with Crippen LogP contribution in [0.3, 0.4) is 0 Å². The summed E-state index contributed by atoms with van der Waals surface area (Å²) in [5.41, 5.74) is 0. The predicted octanol–water partition coefficient (Wildman–Crippen LogP) is 1.68. The molecule has 0 unspecified atom stereocenters. The van der Waals surface area contributed by atoms with Gasteiger partial charge < -0.3 is 4.90 Å². The van der Waals surface area contributed by atoms with Crippen LogP contribution in [0.2, 0.25) is 0 Å². The number of hydrogen-bond acceptors (Lipinski definition) is 1. The Bertz CT molecular complexity index is 120. The van der Waals surface area contributed by atoms with Crippen LogP contribution in [0.5, 0.6) is 0 Å². The molecule has 0 spiro atoms. The first-order valence-corrected chi connectivity index (χ1v) is 3.15. The number of rotatable bonds is 2. The van der Waals surface area contributed by atoms with E-state index in [0.717, 1.165) is 6.54 Å². The standard InChI is InChI=1S/C6H11ClN2/c1-4-8-6(7)9(3)5-2/h4H,1,5H2,2-3H3/b8-6-. The topological polar surface area (TPSA) is 15.6 Å². The van der Waals surface area contributed by atoms with Crippen LogP contribution >= 0.6 is 11.6 Å². The Labute approximate surface area is 60.8 Å². The van der Waals surface area contributed by atoms with Crippen LogP contribution in [0.25, 0.3) is 0 Å². The number of nitrogens with zero attached hydrogens (tertiary/aromatic N) is 2. The summed E-state index contributed by atoms with van der Waals surface area (Å²) in [7, 11) is 1.87. The first kappa shape index (κ1) is 8.50. The second-order valence-electron chi connectivity index (χ2n) is 1.59. The fraction of sp³-hybridized carbons (Fsp3) is 0.500. The van der Waals surface area contributed by atoms with Gasteiger partial charge in [-0.2, -0.15) is 0 Å². The third-order valence-electron chi connectivity index (χ3n) is 0.987. The summed E-state index contributed by atoms with van der Waals surface area (Å²) in [5.74, 6) is 0. The second kappa shape index (κ2) is 4.39. The Morgan fingerprint density at radius 1 is 1.89 bits per heavy atom. The summed E-state index contributed by atoms with van der Waals surface area (Å²) in [6.07, 6.45) is 1.43. The minimum atomic E-state index is 0.479. The van der Waals surface area contributed by atoms with Crippen LogP contribution in [0, 0.1) is 0 Å². The highest BCUT2D eigenvalue weighted by Gasteiger charge is 1.95. The maximum Gasteiger partial charge on any atom is 0.198 e. The summed E-state index contributed by atoms with van der Waals surface area (Å²) in [6, 6.07) is 0. The minimum absolute atomic E-state index is 0.479. The molecule has 0 aromatic heterocycles. The van der Waals surface area contributed by atoms with E-state index in [9.17, 15) is 0 Å². The lowest BCUT2D eigenvalue weighted by Crippen LogP contribution is -2.21. The molecule has 0 N–H and O–H groups in total. The van der Waals surface area contributed by atoms with Crippen LogP contribution in [-0.2, 0) is 0 Å². The van der Waals surface area contributed by atoms with E-state index in [-0.39, 0.29) is 0 Å². The molecule has 9 heavy (non-hydrogen) atoms. The Kier molecular flexibility index (Phi) is 4.14. The zero-order valence-corrected chi connectivity index (χ0v) is 6.52. The highest BCUT2D eigenvalue weighted by Crippen LogP contribution is 1.92. The van der Waals surface area contributed by atoms with E-state index in [2.05, 4.69) is 11.6 Å². The average Bonchev–Trinajstić information content (AvgIpc) is 1.87. The Hall–Kier alpha value is -0.500. The molecule has 2 nitrogen and oxygen atoms in total. The van der Waals surface area contributed by atoms with E-state index in [1.807, 2.05) is 18.9 Å². The van der Waals surface area contributed by atoms with Gasteiger partial charge in [-0.05, 0) is 18.5 Å². The average molecular weight is 147 g/mol. The van der Waals surface area contributed by atoms with E-state index >= 15 is 0 Å². The highest BCUT2D eigenvalue weighted by molar-refractivity contribution is 6.64. The zero-order chi connectivity index (χ0) is 7.28. The molecule has 0 fully saturated rings. The third-order valence-corrected chi connectivity index (χ3v) is 1.37. The Morgan fingerprint density at radius 3 is 2.78 bits per heavy atom. The molecule has 0 aromatic carbocycles. The normalized spacial score (nSPS) is 11.2. The van der Waals surface area contributed by atoms with Gasteiger partial charge in [0, 0.05) is 19.8 Å². The van der Waals surface area contributed by atoms with E-state index in [1.54, 1.807) is 0 Å². The Morgan fingerprint density at radius 2 is 2.44 bits per heavy atom. The zero-order valence-electron chi connectivity index (χ0n) is 5.76. The largest absolute Gasteiger partial charge is 0.350 e. The molecule has 0 saturated heterocycles. The van der Waals surface area contributed by atoms with Gasteiger partial charge in [-0.1, -0.05) is 6.58 Å². The number of hydrogen-bond donors (Lipinski definition) is 0. The van der Waals surface area contributed by atoms with Gasteiger partial charge in [0.1, 0.15) is 0 Å². The molecule has 52 valence electrons. The van der Waals surface area contributed by atoms with Crippen molar-refractivity contribution in [1.29, 1.82) is 0 Å². The van der Waals surface area contributed by atoms with Crippen molar-refractivity contribution in [3.63, 3.8) is 0 Å². The summed E-state index contributed by atoms with van der Waals surface area (Å²) in [5, 5.41) is 0.479. The van der Waals surface area contributed by atoms with E-state index < -0.39 is 0 Å². The van der Waals surface area contributed by atoms with E-state index in [0.29, 0.717) is 5.29 Å². The van der Waals surface area contributed by atoms with Crippen LogP contribution in [-0.4, -0.2) is 23.8 Å². The van der Waals surface area contributed by atoms with Gasteiger partial charge in [0.2, 0.25) is 0 Å². The molecule has 0 atom stereocenters. The van der Waals surface area contributed by atoms with Gasteiger partial charge >= 0.3 is 0 Å². The second-order valence-corrected chi connectivity index (χ2v) is 1.93. The molecule has 0 radical (unpaired) electrons. The lowest BCUT2D eigenvalue weighted by molar-refractivity contribution is 0.545. The lowest BCUT2D eigenvalue weighted by atomic mass is 10.7. The first-order chi connectivity index (χ1) is 4.22. The van der Waals surface area contributed by atoms with Crippen molar-refractivity contribution < 1.29 is 0 Å². The monoisotopic (exact) mass is 146 g/mol. The van der Waals surface area contributed by atoms with Gasteiger partial charge in [-0.3, -0.25) is 0 Å². The molecule has 0 saturated carbocycles. The van der Waals surface area contributed by atoms with Crippen molar-refractivity contribution in [2.75, 3.05) is 13.6 Å². The van der Waals surface area contributed by atoms with Gasteiger partial charge in [0.05, 0.1) is 0 Å². The molecule has 0 rings (SSSR count). The van der Waals surface area contributed by atoms with Crippen molar-refractivity contribution in [2.24, 2.45) is 4.99 Å². The van der Waals surface area contributed by atoms with Crippen molar-refractivity contribution in [2.45, 2.75) is 6.92 Å². The quantitative estimate of drug-likeness (QED) is 0.329. The summed E-state index contributed by atoms with van der Waals surface area (Å²) in [4.78, 5) is 5.59. The Balaban J connectivity index is 3.84. The van der Waals surface area contributed by atoms with Crippen molar-refractivity contribution in [1.82, 2.24) is 4.90 Å². The van der Waals surface area contributed by atoms with Gasteiger partial charge in [0.25, 0.3) is 0 Å². The van der Waals surface area contributed by atoms with Gasteiger partial charge in [-0.15, -0.1) is 0 Å². The fourth-order valence-electron chi connectivity index (χ4n) is 0.304. The number of halogens is 1. The molecule has 0 heterocycles. The fourth-order valence-corrected chi connectivity index (χ4v) is 0.493. The molecule has 0 aliphatic heterocycles. The number of aliphatic imine (C=N–C) groups is 1. The maximum absolute atomic E-state index is 5.64. The highest BCUT2D eigenvalue weighted by atomic mass is 35.5. The van der Waals surface area contributed by atoms with E-state index in [4.69, 9.17) is 11.6 Å². The van der Waals surface area contributed by atoms with Gasteiger partial charge in [0.15, 0.2) is 5.29 Å². The SMILES string of the molecule is C=C/N=C(/Cl)N(C)CC. The minimum Gasteiger partial charge on any atom is -0.350 e. The summed E-state index contributed by atoms with van der Waals surface area (Å²) in [6.45, 7) is 6.28. The third kappa shape index (κ3) is 3.14. The molecule has 0 aromatic rings. The predicted molar refractivity (Wildman–Crippen MR) is 41.8 cm³/mol. The molecule has 3 heteroatoms. The van der Waals surface area contributed by atoms with Crippen LogP contribution < -0.4 is 0 Å². The molecular weight excluding hydrogens is 136 g/mol. The molecular formula is C6H11ClN2. The number of amidine groups is 1.